The summed E-state index contributed by atoms with van der Waals surface area (Å²) in [5.74, 6) is 0. The Morgan fingerprint density at radius 2 is 2.21 bits per heavy atom. The fourth-order valence-electron chi connectivity index (χ4n) is 3.49. The lowest BCUT2D eigenvalue weighted by atomic mass is 9.90. The molecule has 1 saturated heterocycles. The standard InChI is InChI=1S/C15H26N4/c1-15(11-16)7-9-18(12-15)10-13-6-8-19(17-13)14-4-2-3-5-14/h6,8,14H,2-5,7,9-12,16H2,1H3. The van der Waals surface area contributed by atoms with E-state index in [4.69, 9.17) is 10.8 Å². The topological polar surface area (TPSA) is 47.1 Å². The molecule has 0 radical (unpaired) electrons. The zero-order valence-electron chi connectivity index (χ0n) is 12.0. The summed E-state index contributed by atoms with van der Waals surface area (Å²) >= 11 is 0. The quantitative estimate of drug-likeness (QED) is 0.904. The molecule has 2 heterocycles. The van der Waals surface area contributed by atoms with Crippen molar-refractivity contribution < 1.29 is 0 Å². The summed E-state index contributed by atoms with van der Waals surface area (Å²) in [5, 5.41) is 4.77. The van der Waals surface area contributed by atoms with E-state index in [2.05, 4.69) is 28.8 Å². The first-order chi connectivity index (χ1) is 9.18. The van der Waals surface area contributed by atoms with Crippen LogP contribution in [0.25, 0.3) is 0 Å². The largest absolute Gasteiger partial charge is 0.330 e. The molecule has 19 heavy (non-hydrogen) atoms. The first kappa shape index (κ1) is 13.1. The maximum absolute atomic E-state index is 5.86. The van der Waals surface area contributed by atoms with Crippen LogP contribution in [0.5, 0.6) is 0 Å². The van der Waals surface area contributed by atoms with Crippen molar-refractivity contribution in [3.8, 4) is 0 Å². The van der Waals surface area contributed by atoms with Gasteiger partial charge in [-0.2, -0.15) is 5.10 Å². The van der Waals surface area contributed by atoms with Crippen LogP contribution in [0.15, 0.2) is 12.3 Å². The molecule has 2 fully saturated rings. The Morgan fingerprint density at radius 3 is 2.89 bits per heavy atom. The minimum Gasteiger partial charge on any atom is -0.330 e. The van der Waals surface area contributed by atoms with Crippen molar-refractivity contribution in [3.05, 3.63) is 18.0 Å². The monoisotopic (exact) mass is 262 g/mol. The van der Waals surface area contributed by atoms with E-state index in [1.165, 1.54) is 37.8 Å². The Morgan fingerprint density at radius 1 is 1.42 bits per heavy atom. The summed E-state index contributed by atoms with van der Waals surface area (Å²) in [4.78, 5) is 2.49. The molecule has 0 amide bonds. The van der Waals surface area contributed by atoms with Crippen molar-refractivity contribution in [2.24, 2.45) is 11.1 Å². The van der Waals surface area contributed by atoms with Gasteiger partial charge in [-0.1, -0.05) is 19.8 Å². The lowest BCUT2D eigenvalue weighted by Gasteiger charge is -2.22. The number of aromatic nitrogens is 2. The van der Waals surface area contributed by atoms with Gasteiger partial charge in [-0.25, -0.2) is 0 Å². The van der Waals surface area contributed by atoms with Crippen LogP contribution in [0.3, 0.4) is 0 Å². The second-order valence-electron chi connectivity index (χ2n) is 6.70. The molecule has 0 aromatic carbocycles. The lowest BCUT2D eigenvalue weighted by molar-refractivity contribution is 0.270. The Hall–Kier alpha value is -0.870. The predicted octanol–water partition coefficient (Wildman–Crippen LogP) is 2.17. The highest BCUT2D eigenvalue weighted by atomic mass is 15.3. The van der Waals surface area contributed by atoms with Gasteiger partial charge in [0.25, 0.3) is 0 Å². The van der Waals surface area contributed by atoms with Gasteiger partial charge in [-0.05, 0) is 43.8 Å². The zero-order valence-corrected chi connectivity index (χ0v) is 12.0. The van der Waals surface area contributed by atoms with E-state index in [1.54, 1.807) is 0 Å². The molecular formula is C15H26N4. The predicted molar refractivity (Wildman–Crippen MR) is 76.8 cm³/mol. The van der Waals surface area contributed by atoms with Gasteiger partial charge in [0.2, 0.25) is 0 Å². The van der Waals surface area contributed by atoms with Crippen LogP contribution in [-0.2, 0) is 6.54 Å². The third-order valence-corrected chi connectivity index (χ3v) is 4.88. The van der Waals surface area contributed by atoms with Crippen molar-refractivity contribution in [1.82, 2.24) is 14.7 Å². The first-order valence-corrected chi connectivity index (χ1v) is 7.65. The smallest absolute Gasteiger partial charge is 0.0764 e. The van der Waals surface area contributed by atoms with E-state index < -0.39 is 0 Å². The van der Waals surface area contributed by atoms with Gasteiger partial charge in [-0.3, -0.25) is 9.58 Å². The third-order valence-electron chi connectivity index (χ3n) is 4.88. The molecular weight excluding hydrogens is 236 g/mol. The molecule has 1 aromatic rings. The Bertz CT molecular complexity index is 422. The minimum absolute atomic E-state index is 0.314. The van der Waals surface area contributed by atoms with Gasteiger partial charge in [0.15, 0.2) is 0 Å². The van der Waals surface area contributed by atoms with Crippen molar-refractivity contribution in [3.63, 3.8) is 0 Å². The number of nitrogens with zero attached hydrogens (tertiary/aromatic N) is 3. The molecule has 1 saturated carbocycles. The van der Waals surface area contributed by atoms with Crippen LogP contribution >= 0.6 is 0 Å². The summed E-state index contributed by atoms with van der Waals surface area (Å²) in [6.07, 6.45) is 8.71. The fourth-order valence-corrected chi connectivity index (χ4v) is 3.49. The van der Waals surface area contributed by atoms with Gasteiger partial charge in [-0.15, -0.1) is 0 Å². The van der Waals surface area contributed by atoms with E-state index in [9.17, 15) is 0 Å². The van der Waals surface area contributed by atoms with Crippen molar-refractivity contribution in [2.75, 3.05) is 19.6 Å². The summed E-state index contributed by atoms with van der Waals surface area (Å²) in [7, 11) is 0. The van der Waals surface area contributed by atoms with E-state index in [-0.39, 0.29) is 0 Å². The second-order valence-corrected chi connectivity index (χ2v) is 6.70. The maximum Gasteiger partial charge on any atom is 0.0764 e. The number of nitrogens with two attached hydrogens (primary N) is 1. The minimum atomic E-state index is 0.314. The Balaban J connectivity index is 1.58. The van der Waals surface area contributed by atoms with Crippen LogP contribution in [0.2, 0.25) is 0 Å². The molecule has 0 bridgehead atoms. The summed E-state index contributed by atoms with van der Waals surface area (Å²) in [6.45, 7) is 6.34. The van der Waals surface area contributed by atoms with E-state index in [1.807, 2.05) is 0 Å². The first-order valence-electron chi connectivity index (χ1n) is 7.65. The lowest BCUT2D eigenvalue weighted by Crippen LogP contribution is -2.31. The van der Waals surface area contributed by atoms with Crippen LogP contribution in [0, 0.1) is 5.41 Å². The summed E-state index contributed by atoms with van der Waals surface area (Å²) in [6, 6.07) is 2.85. The van der Waals surface area contributed by atoms with Crippen LogP contribution in [-0.4, -0.2) is 34.3 Å². The van der Waals surface area contributed by atoms with Crippen LogP contribution < -0.4 is 5.73 Å². The highest BCUT2D eigenvalue weighted by molar-refractivity contribution is 5.01. The molecule has 1 aliphatic heterocycles. The van der Waals surface area contributed by atoms with E-state index >= 15 is 0 Å². The molecule has 4 nitrogen and oxygen atoms in total. The highest BCUT2D eigenvalue weighted by Gasteiger charge is 2.32. The van der Waals surface area contributed by atoms with Gasteiger partial charge < -0.3 is 5.73 Å². The number of hydrogen-bond donors (Lipinski definition) is 1. The second kappa shape index (κ2) is 5.25. The average Bonchev–Trinajstić information content (AvgIpc) is 3.11. The molecule has 0 spiro atoms. The molecule has 4 heteroatoms. The van der Waals surface area contributed by atoms with E-state index in [0.717, 1.165) is 26.2 Å². The number of hydrogen-bond acceptors (Lipinski definition) is 3. The van der Waals surface area contributed by atoms with Gasteiger partial charge >= 0.3 is 0 Å². The van der Waals surface area contributed by atoms with Gasteiger partial charge in [0, 0.05) is 19.3 Å². The van der Waals surface area contributed by atoms with Gasteiger partial charge in [0.1, 0.15) is 0 Å². The van der Waals surface area contributed by atoms with Crippen LogP contribution in [0.4, 0.5) is 0 Å². The van der Waals surface area contributed by atoms with Crippen molar-refractivity contribution >= 4 is 0 Å². The molecule has 106 valence electrons. The summed E-state index contributed by atoms with van der Waals surface area (Å²) in [5.41, 5.74) is 7.39. The number of rotatable bonds is 4. The molecule has 2 aliphatic rings. The molecule has 1 aromatic heterocycles. The van der Waals surface area contributed by atoms with Gasteiger partial charge in [0.05, 0.1) is 11.7 Å². The fraction of sp³-hybridized carbons (Fsp3) is 0.800. The summed E-state index contributed by atoms with van der Waals surface area (Å²) < 4.78 is 2.19. The highest BCUT2D eigenvalue weighted by Crippen LogP contribution is 2.30. The Kier molecular flexibility index (Phi) is 3.63. The molecule has 2 N–H and O–H groups in total. The average molecular weight is 262 g/mol. The molecule has 1 unspecified atom stereocenters. The zero-order chi connectivity index (χ0) is 13.3. The molecule has 3 rings (SSSR count). The maximum atomic E-state index is 5.86. The van der Waals surface area contributed by atoms with Crippen molar-refractivity contribution in [2.45, 2.75) is 51.6 Å². The Labute approximate surface area is 116 Å². The van der Waals surface area contributed by atoms with Crippen LogP contribution in [0.1, 0.15) is 50.8 Å². The molecule has 1 atom stereocenters. The third kappa shape index (κ3) is 2.84. The number of likely N-dealkylation sites (tertiary alicyclic amines) is 1. The normalized spacial score (nSPS) is 29.4. The molecule has 1 aliphatic carbocycles. The van der Waals surface area contributed by atoms with E-state index in [0.29, 0.717) is 11.5 Å². The SMILES string of the molecule is CC1(CN)CCN(Cc2ccn(C3CCCC3)n2)C1. The van der Waals surface area contributed by atoms with Crippen molar-refractivity contribution in [1.29, 1.82) is 0 Å².